The minimum absolute atomic E-state index is 0.0191. The first kappa shape index (κ1) is 49.1. The molecule has 0 aliphatic heterocycles. The van der Waals surface area contributed by atoms with E-state index in [1.807, 2.05) is 6.92 Å². The number of ether oxygens (including phenoxy) is 4. The minimum Gasteiger partial charge on any atom is -0.458 e. The molecule has 0 aromatic heterocycles. The number of halogens is 4. The molecular formula is C55H58Cl4O8. The molecule has 0 bridgehead atoms. The highest BCUT2D eigenvalue weighted by Gasteiger charge is 2.75. The van der Waals surface area contributed by atoms with Crippen molar-refractivity contribution >= 4 is 70.3 Å². The monoisotopic (exact) mass is 986 g/mol. The quantitative estimate of drug-likeness (QED) is 0.0741. The summed E-state index contributed by atoms with van der Waals surface area (Å²) in [5.41, 5.74) is -1.55. The number of hydrogen-bond donors (Lipinski definition) is 0. The summed E-state index contributed by atoms with van der Waals surface area (Å²) in [5.74, 6) is -1.53. The second-order valence-corrected chi connectivity index (χ2v) is 21.9. The second-order valence-electron chi connectivity index (χ2n) is 20.1. The molecule has 8 rings (SSSR count). The van der Waals surface area contributed by atoms with Crippen LogP contribution in [0.15, 0.2) is 109 Å². The van der Waals surface area contributed by atoms with Gasteiger partial charge in [-0.1, -0.05) is 85.7 Å². The first-order valence-electron chi connectivity index (χ1n) is 23.5. The highest BCUT2D eigenvalue weighted by molar-refractivity contribution is 6.31. The highest BCUT2D eigenvalue weighted by Crippen LogP contribution is 2.71. The summed E-state index contributed by atoms with van der Waals surface area (Å²) < 4.78 is 26.8. The Labute approximate surface area is 414 Å². The van der Waals surface area contributed by atoms with Crippen LogP contribution < -0.4 is 0 Å². The lowest BCUT2D eigenvalue weighted by Gasteiger charge is -2.62. The van der Waals surface area contributed by atoms with Crippen LogP contribution in [-0.4, -0.2) is 47.3 Å². The van der Waals surface area contributed by atoms with Gasteiger partial charge in [-0.3, -0.25) is 0 Å². The molecule has 354 valence electrons. The van der Waals surface area contributed by atoms with E-state index in [4.69, 9.17) is 65.4 Å². The molecule has 0 heterocycles. The SMILES string of the molecule is CC(C)CCC(OC(=O)c1ccc(Cl)cc1)C(C)(OC(=O)c1ccc(Cl)cc1)C1(OC(=O)c2ccc(Cl)cc2)CCC2C3CC=C4CC(OC(=O)c5ccc(Cl)cc5)CCC4(C)C3CCC21C. The topological polar surface area (TPSA) is 105 Å². The number of allylic oxidation sites excluding steroid dienone is 1. The van der Waals surface area contributed by atoms with Gasteiger partial charge in [-0.15, -0.1) is 0 Å². The van der Waals surface area contributed by atoms with Gasteiger partial charge in [0, 0.05) is 31.9 Å². The molecule has 8 nitrogen and oxygen atoms in total. The zero-order valence-corrected chi connectivity index (χ0v) is 41.7. The normalized spacial score (nSPS) is 27.8. The summed E-state index contributed by atoms with van der Waals surface area (Å²) in [4.78, 5) is 57.2. The third kappa shape index (κ3) is 9.54. The van der Waals surface area contributed by atoms with Crippen LogP contribution in [-0.2, 0) is 18.9 Å². The van der Waals surface area contributed by atoms with Crippen molar-refractivity contribution in [3.05, 3.63) is 151 Å². The maximum atomic E-state index is 14.9. The molecule has 3 fully saturated rings. The van der Waals surface area contributed by atoms with Crippen molar-refractivity contribution in [1.29, 1.82) is 0 Å². The van der Waals surface area contributed by atoms with E-state index in [2.05, 4.69) is 33.8 Å². The van der Waals surface area contributed by atoms with Gasteiger partial charge in [0.05, 0.1) is 22.3 Å². The van der Waals surface area contributed by atoms with Gasteiger partial charge in [0.1, 0.15) is 12.2 Å². The summed E-state index contributed by atoms with van der Waals surface area (Å²) in [5, 5.41) is 1.94. The molecule has 9 unspecified atom stereocenters. The Morgan fingerprint density at radius 2 is 1.12 bits per heavy atom. The molecule has 0 spiro atoms. The lowest BCUT2D eigenvalue weighted by atomic mass is 9.45. The fraction of sp³-hybridized carbons (Fsp3) is 0.455. The smallest absolute Gasteiger partial charge is 0.338 e. The number of rotatable bonds is 13. The van der Waals surface area contributed by atoms with Gasteiger partial charge < -0.3 is 18.9 Å². The molecule has 67 heavy (non-hydrogen) atoms. The van der Waals surface area contributed by atoms with Crippen molar-refractivity contribution in [3.63, 3.8) is 0 Å². The Balaban J connectivity index is 1.20. The van der Waals surface area contributed by atoms with Crippen LogP contribution in [0.1, 0.15) is 140 Å². The van der Waals surface area contributed by atoms with Gasteiger partial charge in [0.15, 0.2) is 11.2 Å². The van der Waals surface area contributed by atoms with E-state index in [1.54, 1.807) is 97.1 Å². The lowest BCUT2D eigenvalue weighted by molar-refractivity contribution is -0.246. The molecule has 12 heteroatoms. The highest BCUT2D eigenvalue weighted by atomic mass is 35.5. The molecule has 0 radical (unpaired) electrons. The van der Waals surface area contributed by atoms with Gasteiger partial charge in [0.2, 0.25) is 0 Å². The Morgan fingerprint density at radius 1 is 0.627 bits per heavy atom. The van der Waals surface area contributed by atoms with Gasteiger partial charge in [0.25, 0.3) is 0 Å². The van der Waals surface area contributed by atoms with E-state index < -0.39 is 40.6 Å². The third-order valence-electron chi connectivity index (χ3n) is 16.0. The van der Waals surface area contributed by atoms with Crippen molar-refractivity contribution in [3.8, 4) is 0 Å². The third-order valence-corrected chi connectivity index (χ3v) is 17.0. The van der Waals surface area contributed by atoms with E-state index in [0.29, 0.717) is 75.7 Å². The number of benzene rings is 4. The number of carbonyl (C=O) groups excluding carboxylic acids is 4. The molecule has 4 aromatic carbocycles. The van der Waals surface area contributed by atoms with Gasteiger partial charge >= 0.3 is 23.9 Å². The first-order valence-corrected chi connectivity index (χ1v) is 25.0. The summed E-state index contributed by atoms with van der Waals surface area (Å²) >= 11 is 24.9. The van der Waals surface area contributed by atoms with Crippen LogP contribution in [0.25, 0.3) is 0 Å². The number of hydrogen-bond acceptors (Lipinski definition) is 8. The van der Waals surface area contributed by atoms with Crippen LogP contribution >= 0.6 is 46.4 Å². The Morgan fingerprint density at radius 3 is 1.66 bits per heavy atom. The summed E-state index contributed by atoms with van der Waals surface area (Å²) in [6.07, 6.45) is 7.48. The van der Waals surface area contributed by atoms with E-state index in [0.717, 1.165) is 25.7 Å². The van der Waals surface area contributed by atoms with Crippen molar-refractivity contribution < 1.29 is 38.1 Å². The predicted octanol–water partition coefficient (Wildman–Crippen LogP) is 14.7. The molecular weight excluding hydrogens is 930 g/mol. The molecule has 9 atom stereocenters. The molecule has 0 N–H and O–H groups in total. The van der Waals surface area contributed by atoms with Crippen molar-refractivity contribution in [2.75, 3.05) is 0 Å². The maximum Gasteiger partial charge on any atom is 0.338 e. The van der Waals surface area contributed by atoms with E-state index in [1.165, 1.54) is 5.57 Å². The molecule has 4 aliphatic rings. The predicted molar refractivity (Wildman–Crippen MR) is 262 cm³/mol. The first-order chi connectivity index (χ1) is 31.9. The lowest BCUT2D eigenvalue weighted by Crippen LogP contribution is -2.70. The van der Waals surface area contributed by atoms with Gasteiger partial charge in [-0.25, -0.2) is 19.2 Å². The standard InChI is InChI=1S/C55H58Cl4O8/c1-33(2)6-25-47(65-49(61)35-9-18-40(57)19-10-35)54(5,66-50(62)36-11-20-41(58)21-12-36)55(67-51(63)37-13-22-42(59)23-14-37)31-28-46-44-24-15-38-32-43(64-48(60)34-7-16-39(56)17-8-34)26-29-52(38,3)45(44)27-30-53(46,55)4/h7-23,33,43-47H,6,24-32H2,1-5H3. The zero-order chi connectivity index (χ0) is 47.9. The number of carbonyl (C=O) groups is 4. The fourth-order valence-electron chi connectivity index (χ4n) is 12.4. The summed E-state index contributed by atoms with van der Waals surface area (Å²) in [7, 11) is 0. The van der Waals surface area contributed by atoms with E-state index in [-0.39, 0.29) is 46.4 Å². The minimum atomic E-state index is -1.73. The second kappa shape index (κ2) is 19.6. The molecule has 4 aromatic rings. The molecule has 3 saturated carbocycles. The zero-order valence-electron chi connectivity index (χ0n) is 38.6. The largest absolute Gasteiger partial charge is 0.458 e. The molecule has 0 amide bonds. The molecule has 4 aliphatic carbocycles. The van der Waals surface area contributed by atoms with Gasteiger partial charge in [-0.2, -0.15) is 0 Å². The Hall–Kier alpha value is -4.34. The summed E-state index contributed by atoms with van der Waals surface area (Å²) in [6.45, 7) is 10.5. The van der Waals surface area contributed by atoms with Crippen LogP contribution in [0.2, 0.25) is 20.1 Å². The maximum absolute atomic E-state index is 14.9. The Kier molecular flexibility index (Phi) is 14.3. The fourth-order valence-corrected chi connectivity index (χ4v) is 12.9. The number of esters is 4. The van der Waals surface area contributed by atoms with Crippen LogP contribution in [0.4, 0.5) is 0 Å². The van der Waals surface area contributed by atoms with Crippen molar-refractivity contribution in [1.82, 2.24) is 0 Å². The van der Waals surface area contributed by atoms with Crippen molar-refractivity contribution in [2.45, 2.75) is 122 Å². The van der Waals surface area contributed by atoms with Crippen LogP contribution in [0.5, 0.6) is 0 Å². The molecule has 0 saturated heterocycles. The average molecular weight is 989 g/mol. The van der Waals surface area contributed by atoms with Crippen molar-refractivity contribution in [2.24, 2.45) is 34.5 Å². The average Bonchev–Trinajstić information content (AvgIpc) is 3.61. The number of fused-ring (bicyclic) bond motifs is 5. The van der Waals surface area contributed by atoms with Crippen LogP contribution in [0, 0.1) is 34.5 Å². The Bertz CT molecular complexity index is 2510. The van der Waals surface area contributed by atoms with E-state index in [9.17, 15) is 19.2 Å². The summed E-state index contributed by atoms with van der Waals surface area (Å²) in [6, 6.07) is 26.2. The van der Waals surface area contributed by atoms with Gasteiger partial charge in [-0.05, 0) is 191 Å². The van der Waals surface area contributed by atoms with E-state index >= 15 is 0 Å². The van der Waals surface area contributed by atoms with Crippen LogP contribution in [0.3, 0.4) is 0 Å².